The molecule has 4 aliphatic heterocycles. The number of halogens is 3. The van der Waals surface area contributed by atoms with Gasteiger partial charge in [0.15, 0.2) is 17.3 Å². The molecule has 11 heteroatoms. The first-order valence-corrected chi connectivity index (χ1v) is 9.29. The van der Waals surface area contributed by atoms with Gasteiger partial charge in [-0.2, -0.15) is 13.2 Å². The summed E-state index contributed by atoms with van der Waals surface area (Å²) in [5.74, 6) is -3.16. The lowest BCUT2D eigenvalue weighted by Gasteiger charge is -2.44. The summed E-state index contributed by atoms with van der Waals surface area (Å²) in [6.07, 6.45) is -6.87. The van der Waals surface area contributed by atoms with E-state index in [1.165, 1.54) is 6.92 Å². The van der Waals surface area contributed by atoms with Gasteiger partial charge >= 0.3 is 6.18 Å². The SMILES string of the molecule is CC1=CC(C(F)(F)F)=NO[C@H]1O[C@H]1[C@@H]2OC(C)(C)O[C@@H]2CO[C@]12COC(C)(C)O2. The monoisotopic (exact) mass is 423 g/mol. The van der Waals surface area contributed by atoms with E-state index >= 15 is 0 Å². The number of oxime groups is 1. The first kappa shape index (κ1) is 21.0. The van der Waals surface area contributed by atoms with E-state index in [4.69, 9.17) is 33.3 Å². The number of allylic oxidation sites excluding steroid dienone is 1. The van der Waals surface area contributed by atoms with Gasteiger partial charge in [-0.3, -0.25) is 0 Å². The van der Waals surface area contributed by atoms with Crippen molar-refractivity contribution < 1.29 is 46.4 Å². The van der Waals surface area contributed by atoms with Crippen LogP contribution in [0.15, 0.2) is 16.8 Å². The number of alkyl halides is 3. The third kappa shape index (κ3) is 3.91. The minimum absolute atomic E-state index is 0.0459. The predicted octanol–water partition coefficient (Wildman–Crippen LogP) is 2.62. The van der Waals surface area contributed by atoms with E-state index in [0.29, 0.717) is 0 Å². The van der Waals surface area contributed by atoms with Crippen LogP contribution in [0.1, 0.15) is 34.6 Å². The van der Waals surface area contributed by atoms with Gasteiger partial charge in [0, 0.05) is 0 Å². The molecule has 0 bridgehead atoms. The van der Waals surface area contributed by atoms with Crippen LogP contribution < -0.4 is 0 Å². The lowest BCUT2D eigenvalue weighted by molar-refractivity contribution is -0.352. The zero-order valence-corrected chi connectivity index (χ0v) is 16.7. The van der Waals surface area contributed by atoms with Crippen LogP contribution in [0, 0.1) is 0 Å². The predicted molar refractivity (Wildman–Crippen MR) is 90.6 cm³/mol. The van der Waals surface area contributed by atoms with E-state index in [1.54, 1.807) is 27.7 Å². The van der Waals surface area contributed by atoms with Crippen LogP contribution in [0.4, 0.5) is 13.2 Å². The van der Waals surface area contributed by atoms with E-state index in [2.05, 4.69) is 5.16 Å². The van der Waals surface area contributed by atoms with Gasteiger partial charge in [0.05, 0.1) is 6.61 Å². The Morgan fingerprint density at radius 3 is 2.41 bits per heavy atom. The average Bonchev–Trinajstić information content (AvgIpc) is 3.06. The van der Waals surface area contributed by atoms with Gasteiger partial charge in [0.1, 0.15) is 24.9 Å². The van der Waals surface area contributed by atoms with E-state index in [9.17, 15) is 13.2 Å². The molecule has 0 aromatic carbocycles. The molecule has 8 nitrogen and oxygen atoms in total. The molecule has 0 aliphatic carbocycles. The van der Waals surface area contributed by atoms with Gasteiger partial charge in [0.2, 0.25) is 12.1 Å². The van der Waals surface area contributed by atoms with Crippen LogP contribution in [0.5, 0.6) is 0 Å². The lowest BCUT2D eigenvalue weighted by atomic mass is 9.97. The fourth-order valence-electron chi connectivity index (χ4n) is 3.84. The van der Waals surface area contributed by atoms with Crippen LogP contribution in [-0.2, 0) is 33.3 Å². The molecule has 1 spiro atoms. The third-order valence-corrected chi connectivity index (χ3v) is 5.03. The number of fused-ring (bicyclic) bond motifs is 1. The zero-order chi connectivity index (χ0) is 21.2. The maximum atomic E-state index is 12.9. The van der Waals surface area contributed by atoms with E-state index in [1.807, 2.05) is 0 Å². The normalized spacial score (nSPS) is 41.0. The number of nitrogens with zero attached hydrogens (tertiary/aromatic N) is 1. The maximum Gasteiger partial charge on any atom is 0.436 e. The Morgan fingerprint density at radius 2 is 1.83 bits per heavy atom. The van der Waals surface area contributed by atoms with Crippen molar-refractivity contribution in [2.75, 3.05) is 13.2 Å². The van der Waals surface area contributed by atoms with Gasteiger partial charge in [-0.05, 0) is 46.3 Å². The second kappa shape index (κ2) is 6.63. The molecular weight excluding hydrogens is 399 g/mol. The Hall–Kier alpha value is -1.24. The summed E-state index contributed by atoms with van der Waals surface area (Å²) in [6.45, 7) is 8.66. The fourth-order valence-corrected chi connectivity index (χ4v) is 3.84. The van der Waals surface area contributed by atoms with Crippen LogP contribution >= 0.6 is 0 Å². The lowest BCUT2D eigenvalue weighted by Crippen LogP contribution is -2.63. The van der Waals surface area contributed by atoms with Gasteiger partial charge < -0.3 is 33.3 Å². The van der Waals surface area contributed by atoms with Crippen molar-refractivity contribution in [2.45, 2.75) is 82.8 Å². The van der Waals surface area contributed by atoms with Crippen molar-refractivity contribution in [3.05, 3.63) is 11.6 Å². The number of rotatable bonds is 2. The molecule has 4 heterocycles. The molecular formula is C18H24F3NO7. The summed E-state index contributed by atoms with van der Waals surface area (Å²) < 4.78 is 74.3. The summed E-state index contributed by atoms with van der Waals surface area (Å²) in [4.78, 5) is 5.02. The highest BCUT2D eigenvalue weighted by atomic mass is 19.4. The largest absolute Gasteiger partial charge is 0.436 e. The van der Waals surface area contributed by atoms with Crippen LogP contribution in [-0.4, -0.2) is 67.1 Å². The second-order valence-corrected chi connectivity index (χ2v) is 8.41. The van der Waals surface area contributed by atoms with Gasteiger partial charge in [-0.15, -0.1) is 0 Å². The molecule has 3 fully saturated rings. The summed E-state index contributed by atoms with van der Waals surface area (Å²) >= 11 is 0. The minimum atomic E-state index is -4.62. The van der Waals surface area contributed by atoms with Gasteiger partial charge in [0.25, 0.3) is 0 Å². The van der Waals surface area contributed by atoms with Crippen LogP contribution in [0.25, 0.3) is 0 Å². The molecule has 0 unspecified atom stereocenters. The Balaban J connectivity index is 1.60. The van der Waals surface area contributed by atoms with Crippen molar-refractivity contribution in [1.82, 2.24) is 0 Å². The molecule has 0 aromatic rings. The summed E-state index contributed by atoms with van der Waals surface area (Å²) in [5, 5.41) is 3.16. The Morgan fingerprint density at radius 1 is 1.10 bits per heavy atom. The molecule has 0 N–H and O–H groups in total. The van der Waals surface area contributed by atoms with Crippen LogP contribution in [0.3, 0.4) is 0 Å². The van der Waals surface area contributed by atoms with Crippen molar-refractivity contribution in [1.29, 1.82) is 0 Å². The van der Waals surface area contributed by atoms with Gasteiger partial charge in [-0.25, -0.2) is 0 Å². The topological polar surface area (TPSA) is 77.0 Å². The van der Waals surface area contributed by atoms with Crippen LogP contribution in [0.2, 0.25) is 0 Å². The van der Waals surface area contributed by atoms with E-state index in [0.717, 1.165) is 6.08 Å². The van der Waals surface area contributed by atoms with E-state index in [-0.39, 0.29) is 18.8 Å². The fraction of sp³-hybridized carbons (Fsp3) is 0.833. The minimum Gasteiger partial charge on any atom is -0.358 e. The number of hydrogen-bond donors (Lipinski definition) is 0. The van der Waals surface area contributed by atoms with Crippen molar-refractivity contribution in [2.24, 2.45) is 5.16 Å². The first-order valence-electron chi connectivity index (χ1n) is 9.29. The number of ether oxygens (including phenoxy) is 6. The molecule has 164 valence electrons. The zero-order valence-electron chi connectivity index (χ0n) is 16.7. The van der Waals surface area contributed by atoms with Crippen molar-refractivity contribution in [3.8, 4) is 0 Å². The summed E-state index contributed by atoms with van der Waals surface area (Å²) in [7, 11) is 0. The molecule has 0 saturated carbocycles. The highest BCUT2D eigenvalue weighted by Gasteiger charge is 2.64. The Bertz CT molecular complexity index is 733. The highest BCUT2D eigenvalue weighted by Crippen LogP contribution is 2.46. The Kier molecular flexibility index (Phi) is 4.80. The average molecular weight is 423 g/mol. The molecule has 3 saturated heterocycles. The second-order valence-electron chi connectivity index (χ2n) is 8.41. The molecule has 29 heavy (non-hydrogen) atoms. The van der Waals surface area contributed by atoms with Crippen molar-refractivity contribution >= 4 is 5.71 Å². The van der Waals surface area contributed by atoms with Gasteiger partial charge in [-0.1, -0.05) is 5.16 Å². The standard InChI is InChI=1S/C18H24F3NO7/c1-9-6-11(18(19,20)21)22-28-14(9)25-13-12-10(26-16(4,5)27-12)7-23-17(13)8-24-15(2,3)29-17/h6,10,12-14H,7-8H2,1-5H3/t10-,12-,13+,14-,17+/m1/s1. The number of hydrogen-bond acceptors (Lipinski definition) is 8. The van der Waals surface area contributed by atoms with Crippen molar-refractivity contribution in [3.63, 3.8) is 0 Å². The first-order chi connectivity index (χ1) is 13.3. The highest BCUT2D eigenvalue weighted by molar-refractivity contribution is 5.99. The molecule has 5 atom stereocenters. The maximum absolute atomic E-state index is 12.9. The van der Waals surface area contributed by atoms with E-state index < -0.39 is 53.9 Å². The summed E-state index contributed by atoms with van der Waals surface area (Å²) in [6, 6.07) is 0. The smallest absolute Gasteiger partial charge is 0.358 e. The molecule has 4 aliphatic rings. The molecule has 0 aromatic heterocycles. The summed E-state index contributed by atoms with van der Waals surface area (Å²) in [5.41, 5.74) is -0.938. The molecule has 4 rings (SSSR count). The third-order valence-electron chi connectivity index (χ3n) is 5.03. The molecule has 0 amide bonds. The molecule has 0 radical (unpaired) electrons. The Labute approximate surface area is 165 Å². The quantitative estimate of drug-likeness (QED) is 0.676.